The van der Waals surface area contributed by atoms with E-state index in [9.17, 15) is 9.59 Å². The summed E-state index contributed by atoms with van der Waals surface area (Å²) in [7, 11) is 3.05. The van der Waals surface area contributed by atoms with Crippen molar-refractivity contribution in [2.75, 3.05) is 26.1 Å². The number of anilines is 1. The summed E-state index contributed by atoms with van der Waals surface area (Å²) < 4.78 is 10.4. The first kappa shape index (κ1) is 15.9. The molecule has 0 aromatic heterocycles. The Labute approximate surface area is 139 Å². The van der Waals surface area contributed by atoms with Crippen LogP contribution in [0.5, 0.6) is 11.5 Å². The number of rotatable bonds is 4. The third-order valence-corrected chi connectivity index (χ3v) is 3.94. The van der Waals surface area contributed by atoms with E-state index in [1.54, 1.807) is 30.3 Å². The van der Waals surface area contributed by atoms with Gasteiger partial charge in [0, 0.05) is 23.4 Å². The molecular formula is C18H18N2O4. The van der Waals surface area contributed by atoms with Crippen molar-refractivity contribution < 1.29 is 19.1 Å². The van der Waals surface area contributed by atoms with E-state index in [4.69, 9.17) is 9.47 Å². The molecule has 1 aliphatic rings. The average Bonchev–Trinajstić information content (AvgIpc) is 2.61. The second kappa shape index (κ2) is 6.62. The summed E-state index contributed by atoms with van der Waals surface area (Å²) in [4.78, 5) is 24.3. The molecule has 2 N–H and O–H groups in total. The summed E-state index contributed by atoms with van der Waals surface area (Å²) in [5.74, 6) is 0.639. The summed E-state index contributed by atoms with van der Waals surface area (Å²) in [6.45, 7) is 0.642. The summed E-state index contributed by atoms with van der Waals surface area (Å²) >= 11 is 0. The zero-order chi connectivity index (χ0) is 17.1. The Kier molecular flexibility index (Phi) is 4.37. The highest BCUT2D eigenvalue weighted by atomic mass is 16.5. The van der Waals surface area contributed by atoms with Gasteiger partial charge in [0.2, 0.25) is 0 Å². The molecule has 3 rings (SSSR count). The zero-order valence-electron chi connectivity index (χ0n) is 13.5. The molecular weight excluding hydrogens is 308 g/mol. The largest absolute Gasteiger partial charge is 0.493 e. The highest BCUT2D eigenvalue weighted by Crippen LogP contribution is 2.28. The highest BCUT2D eigenvalue weighted by molar-refractivity contribution is 6.05. The predicted octanol–water partition coefficient (Wildman–Crippen LogP) is 2.24. The predicted molar refractivity (Wildman–Crippen MR) is 90.0 cm³/mol. The van der Waals surface area contributed by atoms with Crippen molar-refractivity contribution in [3.8, 4) is 11.5 Å². The number of methoxy groups -OCH3 is 2. The Morgan fingerprint density at radius 3 is 2.62 bits per heavy atom. The summed E-state index contributed by atoms with van der Waals surface area (Å²) in [6, 6.07) is 10.3. The van der Waals surface area contributed by atoms with Gasteiger partial charge in [-0.25, -0.2) is 0 Å². The molecule has 0 bridgehead atoms. The third-order valence-electron chi connectivity index (χ3n) is 3.94. The maximum Gasteiger partial charge on any atom is 0.255 e. The van der Waals surface area contributed by atoms with Crippen LogP contribution in [-0.4, -0.2) is 32.6 Å². The lowest BCUT2D eigenvalue weighted by Gasteiger charge is -2.17. The van der Waals surface area contributed by atoms with Gasteiger partial charge in [0.25, 0.3) is 11.8 Å². The molecule has 2 aromatic carbocycles. The Bertz CT molecular complexity index is 802. The van der Waals surface area contributed by atoms with Crippen molar-refractivity contribution >= 4 is 17.5 Å². The molecule has 0 radical (unpaired) electrons. The van der Waals surface area contributed by atoms with E-state index in [1.807, 2.05) is 6.07 Å². The molecule has 0 unspecified atom stereocenters. The van der Waals surface area contributed by atoms with E-state index in [0.29, 0.717) is 34.9 Å². The number of benzene rings is 2. The fraction of sp³-hybridized carbons (Fsp3) is 0.222. The summed E-state index contributed by atoms with van der Waals surface area (Å²) in [5.41, 5.74) is 2.61. The first-order chi connectivity index (χ1) is 11.6. The van der Waals surface area contributed by atoms with Crippen LogP contribution in [0.2, 0.25) is 0 Å². The van der Waals surface area contributed by atoms with Gasteiger partial charge in [0.1, 0.15) is 0 Å². The zero-order valence-corrected chi connectivity index (χ0v) is 13.5. The Morgan fingerprint density at radius 2 is 1.88 bits per heavy atom. The van der Waals surface area contributed by atoms with Crippen molar-refractivity contribution in [3.05, 3.63) is 53.1 Å². The van der Waals surface area contributed by atoms with Crippen molar-refractivity contribution in [2.45, 2.75) is 6.42 Å². The number of amides is 2. The van der Waals surface area contributed by atoms with Gasteiger partial charge in [-0.15, -0.1) is 0 Å². The summed E-state index contributed by atoms with van der Waals surface area (Å²) in [5, 5.41) is 5.60. The third kappa shape index (κ3) is 3.03. The minimum absolute atomic E-state index is 0.113. The van der Waals surface area contributed by atoms with Crippen LogP contribution in [0.25, 0.3) is 0 Å². The van der Waals surface area contributed by atoms with E-state index in [0.717, 1.165) is 12.0 Å². The molecule has 0 saturated carbocycles. The molecule has 0 atom stereocenters. The standard InChI is InChI=1S/C18H18N2O4/c1-23-15-6-4-12(9-16(15)24-2)17(21)20-13-5-3-11-7-8-19-18(22)14(11)10-13/h3-6,9-10H,7-8H2,1-2H3,(H,19,22)(H,20,21). The van der Waals surface area contributed by atoms with E-state index in [-0.39, 0.29) is 11.8 Å². The molecule has 0 saturated heterocycles. The van der Waals surface area contributed by atoms with Crippen molar-refractivity contribution in [1.29, 1.82) is 0 Å². The molecule has 6 heteroatoms. The first-order valence-corrected chi connectivity index (χ1v) is 7.57. The second-order valence-electron chi connectivity index (χ2n) is 5.40. The first-order valence-electron chi connectivity index (χ1n) is 7.57. The minimum atomic E-state index is -0.285. The van der Waals surface area contributed by atoms with Crippen molar-refractivity contribution in [2.24, 2.45) is 0 Å². The van der Waals surface area contributed by atoms with Gasteiger partial charge in [0.05, 0.1) is 14.2 Å². The van der Waals surface area contributed by atoms with Crippen LogP contribution >= 0.6 is 0 Å². The molecule has 1 aliphatic heterocycles. The molecule has 2 aromatic rings. The van der Waals surface area contributed by atoms with Gasteiger partial charge in [0.15, 0.2) is 11.5 Å². The van der Waals surface area contributed by atoms with E-state index < -0.39 is 0 Å². The monoisotopic (exact) mass is 326 g/mol. The van der Waals surface area contributed by atoms with Gasteiger partial charge in [-0.05, 0) is 42.3 Å². The van der Waals surface area contributed by atoms with Gasteiger partial charge in [-0.1, -0.05) is 6.07 Å². The molecule has 0 aliphatic carbocycles. The average molecular weight is 326 g/mol. The SMILES string of the molecule is COc1ccc(C(=O)Nc2ccc3c(c2)C(=O)NCC3)cc1OC. The molecule has 1 heterocycles. The topological polar surface area (TPSA) is 76.7 Å². The van der Waals surface area contributed by atoms with Crippen molar-refractivity contribution in [1.82, 2.24) is 5.32 Å². The van der Waals surface area contributed by atoms with Crippen LogP contribution in [0, 0.1) is 0 Å². The number of hydrogen-bond acceptors (Lipinski definition) is 4. The maximum atomic E-state index is 12.4. The molecule has 0 fully saturated rings. The fourth-order valence-electron chi connectivity index (χ4n) is 2.67. The van der Waals surface area contributed by atoms with Crippen LogP contribution in [0.3, 0.4) is 0 Å². The number of carbonyl (C=O) groups is 2. The Morgan fingerprint density at radius 1 is 1.08 bits per heavy atom. The number of hydrogen-bond donors (Lipinski definition) is 2. The Hall–Kier alpha value is -3.02. The molecule has 0 spiro atoms. The lowest BCUT2D eigenvalue weighted by atomic mass is 10.00. The lowest BCUT2D eigenvalue weighted by molar-refractivity contribution is 0.0944. The minimum Gasteiger partial charge on any atom is -0.493 e. The lowest BCUT2D eigenvalue weighted by Crippen LogP contribution is -2.31. The number of ether oxygens (including phenoxy) is 2. The van der Waals surface area contributed by atoms with Crippen LogP contribution in [0.1, 0.15) is 26.3 Å². The molecule has 124 valence electrons. The smallest absolute Gasteiger partial charge is 0.255 e. The summed E-state index contributed by atoms with van der Waals surface area (Å²) in [6.07, 6.45) is 0.797. The highest BCUT2D eigenvalue weighted by Gasteiger charge is 2.18. The maximum absolute atomic E-state index is 12.4. The number of carbonyl (C=O) groups excluding carboxylic acids is 2. The van der Waals surface area contributed by atoms with Crippen LogP contribution in [0.15, 0.2) is 36.4 Å². The van der Waals surface area contributed by atoms with Gasteiger partial charge < -0.3 is 20.1 Å². The molecule has 2 amide bonds. The van der Waals surface area contributed by atoms with E-state index >= 15 is 0 Å². The van der Waals surface area contributed by atoms with Gasteiger partial charge in [-0.3, -0.25) is 9.59 Å². The molecule has 24 heavy (non-hydrogen) atoms. The number of fused-ring (bicyclic) bond motifs is 1. The van der Waals surface area contributed by atoms with Crippen LogP contribution in [0.4, 0.5) is 5.69 Å². The fourth-order valence-corrected chi connectivity index (χ4v) is 2.67. The van der Waals surface area contributed by atoms with Gasteiger partial charge >= 0.3 is 0 Å². The van der Waals surface area contributed by atoms with Crippen molar-refractivity contribution in [3.63, 3.8) is 0 Å². The van der Waals surface area contributed by atoms with E-state index in [2.05, 4.69) is 10.6 Å². The van der Waals surface area contributed by atoms with Gasteiger partial charge in [-0.2, -0.15) is 0 Å². The normalized spacial score (nSPS) is 12.8. The van der Waals surface area contributed by atoms with Crippen LogP contribution < -0.4 is 20.1 Å². The second-order valence-corrected chi connectivity index (χ2v) is 5.40. The Balaban J connectivity index is 1.82. The quantitative estimate of drug-likeness (QED) is 0.903. The number of nitrogens with one attached hydrogen (secondary N) is 2. The molecule has 6 nitrogen and oxygen atoms in total. The van der Waals surface area contributed by atoms with Crippen LogP contribution in [-0.2, 0) is 6.42 Å². The van der Waals surface area contributed by atoms with E-state index in [1.165, 1.54) is 14.2 Å².